The summed E-state index contributed by atoms with van der Waals surface area (Å²) in [7, 11) is 0. The van der Waals surface area contributed by atoms with Crippen molar-refractivity contribution in [3.63, 3.8) is 0 Å². The van der Waals surface area contributed by atoms with E-state index in [1.165, 1.54) is 12.1 Å². The Morgan fingerprint density at radius 1 is 1.14 bits per heavy atom. The minimum atomic E-state index is -0.741. The van der Waals surface area contributed by atoms with Crippen LogP contribution in [0, 0.1) is 11.6 Å². The summed E-state index contributed by atoms with van der Waals surface area (Å²) in [5.74, 6) is -1.79. The first-order chi connectivity index (χ1) is 9.95. The largest absolute Gasteiger partial charge is 0.482 e. The van der Waals surface area contributed by atoms with Crippen molar-refractivity contribution >= 4 is 34.8 Å². The predicted octanol–water partition coefficient (Wildman–Crippen LogP) is 4.29. The van der Waals surface area contributed by atoms with Gasteiger partial charge in [0.05, 0.1) is 10.7 Å². The zero-order valence-corrected chi connectivity index (χ0v) is 12.0. The molecule has 21 heavy (non-hydrogen) atoms. The Bertz CT molecular complexity index is 680. The van der Waals surface area contributed by atoms with Gasteiger partial charge in [-0.2, -0.15) is 0 Å². The van der Waals surface area contributed by atoms with Gasteiger partial charge in [0.2, 0.25) is 0 Å². The van der Waals surface area contributed by atoms with E-state index in [0.717, 1.165) is 18.2 Å². The molecular weight excluding hydrogens is 323 g/mol. The summed E-state index contributed by atoms with van der Waals surface area (Å²) >= 11 is 11.6. The molecule has 0 spiro atoms. The molecule has 0 aromatic heterocycles. The average Bonchev–Trinajstić information content (AvgIpc) is 2.42. The predicted molar refractivity (Wildman–Crippen MR) is 76.9 cm³/mol. The zero-order valence-electron chi connectivity index (χ0n) is 10.5. The van der Waals surface area contributed by atoms with Gasteiger partial charge in [0, 0.05) is 11.1 Å². The van der Waals surface area contributed by atoms with Crippen molar-refractivity contribution < 1.29 is 18.3 Å². The molecule has 0 heterocycles. The molecule has 0 aliphatic heterocycles. The molecule has 110 valence electrons. The highest BCUT2D eigenvalue weighted by Crippen LogP contribution is 2.27. The Morgan fingerprint density at radius 3 is 2.62 bits per heavy atom. The molecule has 0 unspecified atom stereocenters. The summed E-state index contributed by atoms with van der Waals surface area (Å²) in [6, 6.07) is 7.26. The quantitative estimate of drug-likeness (QED) is 0.907. The SMILES string of the molecule is O=C(COc1ccc(Cl)cc1Cl)Nc1cc(F)ccc1F. The fraction of sp³-hybridized carbons (Fsp3) is 0.0714. The second-order valence-electron chi connectivity index (χ2n) is 4.04. The van der Waals surface area contributed by atoms with Gasteiger partial charge in [0.25, 0.3) is 5.91 Å². The number of hydrogen-bond donors (Lipinski definition) is 1. The maximum atomic E-state index is 13.3. The maximum Gasteiger partial charge on any atom is 0.262 e. The molecular formula is C14H9Cl2F2NO2. The van der Waals surface area contributed by atoms with Crippen LogP contribution in [-0.4, -0.2) is 12.5 Å². The minimum absolute atomic E-state index is 0.243. The fourth-order valence-electron chi connectivity index (χ4n) is 1.52. The number of rotatable bonds is 4. The number of carbonyl (C=O) groups is 1. The second-order valence-corrected chi connectivity index (χ2v) is 4.88. The number of carbonyl (C=O) groups excluding carboxylic acids is 1. The summed E-state index contributed by atoms with van der Waals surface area (Å²) in [6.45, 7) is -0.405. The second kappa shape index (κ2) is 6.74. The molecule has 7 heteroatoms. The highest BCUT2D eigenvalue weighted by atomic mass is 35.5. The molecule has 0 atom stereocenters. The van der Waals surface area contributed by atoms with Gasteiger partial charge < -0.3 is 10.1 Å². The van der Waals surface area contributed by atoms with Gasteiger partial charge in [-0.1, -0.05) is 23.2 Å². The lowest BCUT2D eigenvalue weighted by molar-refractivity contribution is -0.118. The number of nitrogens with one attached hydrogen (secondary N) is 1. The standard InChI is InChI=1S/C14H9Cl2F2NO2/c15-8-1-4-13(10(16)5-8)21-7-14(20)19-12-6-9(17)2-3-11(12)18/h1-6H,7H2,(H,19,20). The van der Waals surface area contributed by atoms with E-state index >= 15 is 0 Å². The van der Waals surface area contributed by atoms with E-state index in [9.17, 15) is 13.6 Å². The highest BCUT2D eigenvalue weighted by molar-refractivity contribution is 6.35. The summed E-state index contributed by atoms with van der Waals surface area (Å²) < 4.78 is 31.5. The van der Waals surface area contributed by atoms with Crippen LogP contribution in [0.3, 0.4) is 0 Å². The van der Waals surface area contributed by atoms with Crippen molar-refractivity contribution in [1.29, 1.82) is 0 Å². The van der Waals surface area contributed by atoms with E-state index < -0.39 is 24.1 Å². The van der Waals surface area contributed by atoms with Crippen LogP contribution in [0.2, 0.25) is 10.0 Å². The van der Waals surface area contributed by atoms with Gasteiger partial charge >= 0.3 is 0 Å². The molecule has 1 N–H and O–H groups in total. The molecule has 2 rings (SSSR count). The van der Waals surface area contributed by atoms with Crippen LogP contribution >= 0.6 is 23.2 Å². The topological polar surface area (TPSA) is 38.3 Å². The van der Waals surface area contributed by atoms with Gasteiger partial charge in [0.15, 0.2) is 6.61 Å². The molecule has 0 saturated heterocycles. The van der Waals surface area contributed by atoms with E-state index in [-0.39, 0.29) is 16.5 Å². The van der Waals surface area contributed by atoms with Crippen LogP contribution < -0.4 is 10.1 Å². The smallest absolute Gasteiger partial charge is 0.262 e. The first-order valence-electron chi connectivity index (χ1n) is 5.78. The molecule has 0 saturated carbocycles. The average molecular weight is 332 g/mol. The van der Waals surface area contributed by atoms with Gasteiger partial charge in [-0.3, -0.25) is 4.79 Å². The molecule has 1 amide bonds. The fourth-order valence-corrected chi connectivity index (χ4v) is 1.98. The van der Waals surface area contributed by atoms with Crippen LogP contribution in [0.5, 0.6) is 5.75 Å². The summed E-state index contributed by atoms with van der Waals surface area (Å²) in [5.41, 5.74) is -0.259. The Morgan fingerprint density at radius 2 is 1.90 bits per heavy atom. The Balaban J connectivity index is 1.97. The minimum Gasteiger partial charge on any atom is -0.482 e. The Kier molecular flexibility index (Phi) is 4.98. The van der Waals surface area contributed by atoms with E-state index in [0.29, 0.717) is 5.02 Å². The normalized spacial score (nSPS) is 10.3. The van der Waals surface area contributed by atoms with Crippen molar-refractivity contribution in [1.82, 2.24) is 0 Å². The molecule has 3 nitrogen and oxygen atoms in total. The summed E-state index contributed by atoms with van der Waals surface area (Å²) in [5, 5.41) is 2.88. The number of hydrogen-bond acceptors (Lipinski definition) is 2. The molecule has 0 radical (unpaired) electrons. The third-order valence-corrected chi connectivity index (χ3v) is 2.99. The molecule has 2 aromatic carbocycles. The maximum absolute atomic E-state index is 13.3. The molecule has 2 aromatic rings. The Hall–Kier alpha value is -1.85. The van der Waals surface area contributed by atoms with Gasteiger partial charge in [-0.15, -0.1) is 0 Å². The molecule has 0 aliphatic carbocycles. The van der Waals surface area contributed by atoms with Crippen LogP contribution in [0.15, 0.2) is 36.4 Å². The lowest BCUT2D eigenvalue weighted by atomic mass is 10.3. The Labute approximate surface area is 129 Å². The lowest BCUT2D eigenvalue weighted by Crippen LogP contribution is -2.21. The first-order valence-corrected chi connectivity index (χ1v) is 6.54. The van der Waals surface area contributed by atoms with Gasteiger partial charge in [-0.05, 0) is 30.3 Å². The number of anilines is 1. The molecule has 0 fully saturated rings. The number of benzene rings is 2. The van der Waals surface area contributed by atoms with Gasteiger partial charge in [-0.25, -0.2) is 8.78 Å². The lowest BCUT2D eigenvalue weighted by Gasteiger charge is -2.09. The van der Waals surface area contributed by atoms with Crippen LogP contribution in [0.4, 0.5) is 14.5 Å². The number of amides is 1. The van der Waals surface area contributed by atoms with Crippen LogP contribution in [0.1, 0.15) is 0 Å². The third-order valence-electron chi connectivity index (χ3n) is 2.46. The van der Waals surface area contributed by atoms with Crippen molar-refractivity contribution in [2.45, 2.75) is 0 Å². The number of halogens is 4. The zero-order chi connectivity index (χ0) is 15.4. The molecule has 0 aliphatic rings. The number of ether oxygens (including phenoxy) is 1. The van der Waals surface area contributed by atoms with E-state index in [2.05, 4.69) is 5.32 Å². The molecule has 0 bridgehead atoms. The van der Waals surface area contributed by atoms with Crippen molar-refractivity contribution in [2.75, 3.05) is 11.9 Å². The van der Waals surface area contributed by atoms with E-state index in [1.807, 2.05) is 0 Å². The highest BCUT2D eigenvalue weighted by Gasteiger charge is 2.10. The first kappa shape index (κ1) is 15.5. The van der Waals surface area contributed by atoms with Crippen molar-refractivity contribution in [3.05, 3.63) is 58.1 Å². The van der Waals surface area contributed by atoms with Crippen LogP contribution in [-0.2, 0) is 4.79 Å². The van der Waals surface area contributed by atoms with E-state index in [4.69, 9.17) is 27.9 Å². The van der Waals surface area contributed by atoms with Crippen molar-refractivity contribution in [2.24, 2.45) is 0 Å². The monoisotopic (exact) mass is 331 g/mol. The summed E-state index contributed by atoms with van der Waals surface area (Å²) in [4.78, 5) is 11.6. The van der Waals surface area contributed by atoms with E-state index in [1.54, 1.807) is 6.07 Å². The third kappa shape index (κ3) is 4.31. The van der Waals surface area contributed by atoms with Crippen LogP contribution in [0.25, 0.3) is 0 Å². The summed E-state index contributed by atoms with van der Waals surface area (Å²) in [6.07, 6.45) is 0. The van der Waals surface area contributed by atoms with Crippen molar-refractivity contribution in [3.8, 4) is 5.75 Å². The van der Waals surface area contributed by atoms with Gasteiger partial charge in [0.1, 0.15) is 17.4 Å².